The summed E-state index contributed by atoms with van der Waals surface area (Å²) in [6, 6.07) is 0. The smallest absolute Gasteiger partial charge is 0.0112 e. The van der Waals surface area contributed by atoms with Crippen molar-refractivity contribution in [3.05, 3.63) is 24.3 Å². The molecule has 0 aliphatic heterocycles. The average Bonchev–Trinajstić information content (AvgIpc) is 2.37. The van der Waals surface area contributed by atoms with Gasteiger partial charge in [0.25, 0.3) is 0 Å². The van der Waals surface area contributed by atoms with E-state index in [0.29, 0.717) is 16.2 Å². The minimum Gasteiger partial charge on any atom is -0.103 e. The third-order valence-corrected chi connectivity index (χ3v) is 7.24. The van der Waals surface area contributed by atoms with Crippen LogP contribution in [0.3, 0.4) is 0 Å². The second-order valence-electron chi connectivity index (χ2n) is 9.04. The Labute approximate surface area is 125 Å². The maximum Gasteiger partial charge on any atom is -0.0112 e. The van der Waals surface area contributed by atoms with E-state index in [0.717, 1.165) is 11.8 Å². The molecular formula is C20H32. The molecule has 0 bridgehead atoms. The third kappa shape index (κ3) is 2.02. The zero-order chi connectivity index (χ0) is 14.6. The highest BCUT2D eigenvalue weighted by Crippen LogP contribution is 2.63. The van der Waals surface area contributed by atoms with Crippen molar-refractivity contribution in [1.82, 2.24) is 0 Å². The number of allylic oxidation sites excluding steroid dienone is 3. The molecule has 0 aromatic carbocycles. The standard InChI is InChI=1S/C20H32/c1-6-19(4)13-10-16-15(14-19)8-9-17-18(2,3)11-7-12-20(16,17)5/h6,8,16-17H,1,7,9-14H2,2-5H3/t16-,17+,19-,20+/m0/s1. The number of rotatable bonds is 1. The number of hydrogen-bond acceptors (Lipinski definition) is 0. The van der Waals surface area contributed by atoms with Gasteiger partial charge >= 0.3 is 0 Å². The normalized spacial score (nSPS) is 46.9. The molecule has 3 aliphatic carbocycles. The van der Waals surface area contributed by atoms with Crippen LogP contribution in [0, 0.1) is 28.1 Å². The lowest BCUT2D eigenvalue weighted by molar-refractivity contribution is -0.0489. The summed E-state index contributed by atoms with van der Waals surface area (Å²) in [4.78, 5) is 0. The van der Waals surface area contributed by atoms with Crippen LogP contribution in [0.1, 0.15) is 72.6 Å². The van der Waals surface area contributed by atoms with Crippen molar-refractivity contribution in [2.75, 3.05) is 0 Å². The molecule has 3 aliphatic rings. The Bertz CT molecular complexity index is 441. The van der Waals surface area contributed by atoms with Crippen molar-refractivity contribution in [1.29, 1.82) is 0 Å². The highest BCUT2D eigenvalue weighted by atomic mass is 14.6. The lowest BCUT2D eigenvalue weighted by Crippen LogP contribution is -2.50. The van der Waals surface area contributed by atoms with Gasteiger partial charge in [-0.05, 0) is 66.6 Å². The maximum absolute atomic E-state index is 4.09. The van der Waals surface area contributed by atoms with Crippen LogP contribution in [0.2, 0.25) is 0 Å². The van der Waals surface area contributed by atoms with Crippen molar-refractivity contribution in [3.63, 3.8) is 0 Å². The monoisotopic (exact) mass is 272 g/mol. The van der Waals surface area contributed by atoms with Crippen LogP contribution in [0.5, 0.6) is 0 Å². The van der Waals surface area contributed by atoms with Gasteiger partial charge in [0.1, 0.15) is 0 Å². The van der Waals surface area contributed by atoms with Gasteiger partial charge in [0.15, 0.2) is 0 Å². The van der Waals surface area contributed by atoms with Gasteiger partial charge < -0.3 is 0 Å². The van der Waals surface area contributed by atoms with Gasteiger partial charge in [-0.15, -0.1) is 6.58 Å². The van der Waals surface area contributed by atoms with Gasteiger partial charge in [-0.25, -0.2) is 0 Å². The van der Waals surface area contributed by atoms with E-state index in [1.54, 1.807) is 5.57 Å². The zero-order valence-corrected chi connectivity index (χ0v) is 14.0. The summed E-state index contributed by atoms with van der Waals surface area (Å²) >= 11 is 0. The predicted octanol–water partition coefficient (Wildman–Crippen LogP) is 6.14. The van der Waals surface area contributed by atoms with Crippen molar-refractivity contribution in [3.8, 4) is 0 Å². The van der Waals surface area contributed by atoms with Gasteiger partial charge in [-0.3, -0.25) is 0 Å². The van der Waals surface area contributed by atoms with Crippen LogP contribution < -0.4 is 0 Å². The second kappa shape index (κ2) is 4.49. The van der Waals surface area contributed by atoms with Crippen molar-refractivity contribution in [2.45, 2.75) is 72.6 Å². The molecule has 20 heavy (non-hydrogen) atoms. The molecule has 4 atom stereocenters. The molecule has 0 nitrogen and oxygen atoms in total. The Balaban J connectivity index is 1.94. The molecular weight excluding hydrogens is 240 g/mol. The quantitative estimate of drug-likeness (QED) is 0.503. The minimum absolute atomic E-state index is 0.357. The Morgan fingerprint density at radius 1 is 1.15 bits per heavy atom. The van der Waals surface area contributed by atoms with E-state index in [9.17, 15) is 0 Å². The Hall–Kier alpha value is -0.520. The lowest BCUT2D eigenvalue weighted by Gasteiger charge is -2.59. The summed E-state index contributed by atoms with van der Waals surface area (Å²) in [6.45, 7) is 14.1. The Morgan fingerprint density at radius 3 is 2.60 bits per heavy atom. The molecule has 0 saturated heterocycles. The molecule has 0 heterocycles. The molecule has 0 aromatic rings. The highest BCUT2D eigenvalue weighted by Gasteiger charge is 2.53. The van der Waals surface area contributed by atoms with E-state index >= 15 is 0 Å². The molecule has 0 heteroatoms. The van der Waals surface area contributed by atoms with E-state index in [-0.39, 0.29) is 0 Å². The number of fused-ring (bicyclic) bond motifs is 3. The van der Waals surface area contributed by atoms with Gasteiger partial charge in [0.2, 0.25) is 0 Å². The van der Waals surface area contributed by atoms with Gasteiger partial charge in [0, 0.05) is 0 Å². The van der Waals surface area contributed by atoms with Crippen molar-refractivity contribution < 1.29 is 0 Å². The largest absolute Gasteiger partial charge is 0.103 e. The molecule has 2 saturated carbocycles. The Morgan fingerprint density at radius 2 is 1.90 bits per heavy atom. The van der Waals surface area contributed by atoms with E-state index in [4.69, 9.17) is 0 Å². The fourth-order valence-electron chi connectivity index (χ4n) is 5.92. The summed E-state index contributed by atoms with van der Waals surface area (Å²) < 4.78 is 0. The summed E-state index contributed by atoms with van der Waals surface area (Å²) in [5.41, 5.74) is 3.23. The molecule has 0 spiro atoms. The summed E-state index contributed by atoms with van der Waals surface area (Å²) in [6.07, 6.45) is 14.5. The summed E-state index contributed by atoms with van der Waals surface area (Å²) in [5.74, 6) is 1.75. The topological polar surface area (TPSA) is 0 Å². The number of hydrogen-bond donors (Lipinski definition) is 0. The summed E-state index contributed by atoms with van der Waals surface area (Å²) in [5, 5.41) is 0. The third-order valence-electron chi connectivity index (χ3n) is 7.24. The molecule has 2 fully saturated rings. The van der Waals surface area contributed by atoms with Crippen LogP contribution in [0.15, 0.2) is 24.3 Å². The van der Waals surface area contributed by atoms with Crippen LogP contribution in [0.25, 0.3) is 0 Å². The fourth-order valence-corrected chi connectivity index (χ4v) is 5.92. The van der Waals surface area contributed by atoms with E-state index in [1.807, 2.05) is 0 Å². The first-order valence-electron chi connectivity index (χ1n) is 8.63. The first-order chi connectivity index (χ1) is 9.31. The predicted molar refractivity (Wildman–Crippen MR) is 87.6 cm³/mol. The van der Waals surface area contributed by atoms with E-state index < -0.39 is 0 Å². The summed E-state index contributed by atoms with van der Waals surface area (Å²) in [7, 11) is 0. The first-order valence-corrected chi connectivity index (χ1v) is 8.63. The molecule has 0 N–H and O–H groups in total. The molecule has 0 radical (unpaired) electrons. The molecule has 112 valence electrons. The van der Waals surface area contributed by atoms with E-state index in [2.05, 4.69) is 46.4 Å². The molecule has 0 amide bonds. The second-order valence-corrected chi connectivity index (χ2v) is 9.04. The van der Waals surface area contributed by atoms with Crippen LogP contribution in [-0.4, -0.2) is 0 Å². The van der Waals surface area contributed by atoms with Gasteiger partial charge in [0.05, 0.1) is 0 Å². The SMILES string of the molecule is C=C[C@@]1(C)CC[C@H]2C(=CC[C@@H]3C(C)(C)CCC[C@@]32C)C1. The highest BCUT2D eigenvalue weighted by molar-refractivity contribution is 5.24. The van der Waals surface area contributed by atoms with E-state index in [1.165, 1.54) is 44.9 Å². The zero-order valence-electron chi connectivity index (χ0n) is 14.0. The fraction of sp³-hybridized carbons (Fsp3) is 0.800. The molecule has 0 unspecified atom stereocenters. The lowest BCUT2D eigenvalue weighted by atomic mass is 9.46. The van der Waals surface area contributed by atoms with Crippen molar-refractivity contribution in [2.24, 2.45) is 28.1 Å². The van der Waals surface area contributed by atoms with Crippen LogP contribution in [0.4, 0.5) is 0 Å². The minimum atomic E-state index is 0.357. The van der Waals surface area contributed by atoms with Gasteiger partial charge in [-0.1, -0.05) is 51.8 Å². The van der Waals surface area contributed by atoms with Crippen molar-refractivity contribution >= 4 is 0 Å². The Kier molecular flexibility index (Phi) is 3.23. The van der Waals surface area contributed by atoms with Gasteiger partial charge in [-0.2, -0.15) is 0 Å². The first kappa shape index (κ1) is 14.4. The maximum atomic E-state index is 4.09. The molecule has 0 aromatic heterocycles. The van der Waals surface area contributed by atoms with Crippen LogP contribution >= 0.6 is 0 Å². The van der Waals surface area contributed by atoms with Crippen LogP contribution in [-0.2, 0) is 0 Å². The average molecular weight is 272 g/mol. The molecule has 3 rings (SSSR count).